The smallest absolute Gasteiger partial charge is 0.0706 e. The molecule has 0 amide bonds. The Kier molecular flexibility index (Phi) is 3.57. The van der Waals surface area contributed by atoms with Crippen LogP contribution in [0.1, 0.15) is 11.3 Å². The number of para-hydroxylation sites is 1. The van der Waals surface area contributed by atoms with Crippen molar-refractivity contribution in [1.29, 1.82) is 0 Å². The van der Waals surface area contributed by atoms with Crippen LogP contribution in [0.4, 0.5) is 5.69 Å². The van der Waals surface area contributed by atoms with Crippen LogP contribution in [-0.2, 0) is 6.54 Å². The quantitative estimate of drug-likeness (QED) is 0.746. The number of anilines is 1. The fourth-order valence-electron chi connectivity index (χ4n) is 2.19. The van der Waals surface area contributed by atoms with Crippen LogP contribution < -0.4 is 5.32 Å². The van der Waals surface area contributed by atoms with E-state index in [-0.39, 0.29) is 0 Å². The van der Waals surface area contributed by atoms with Crippen LogP contribution in [-0.4, -0.2) is 4.98 Å². The zero-order valence-electron chi connectivity index (χ0n) is 11.2. The Morgan fingerprint density at radius 3 is 2.75 bits per heavy atom. The van der Waals surface area contributed by atoms with Crippen LogP contribution in [0.25, 0.3) is 10.9 Å². The van der Waals surface area contributed by atoms with E-state index in [2.05, 4.69) is 28.5 Å². The molecule has 0 aliphatic rings. The first kappa shape index (κ1) is 12.9. The molecule has 0 saturated carbocycles. The molecular formula is C17H15ClN2. The molecule has 0 aliphatic heterocycles. The molecule has 3 rings (SSSR count). The Bertz CT molecular complexity index is 753. The van der Waals surface area contributed by atoms with Crippen molar-refractivity contribution in [1.82, 2.24) is 4.98 Å². The highest BCUT2D eigenvalue weighted by Gasteiger charge is 2.02. The molecule has 2 aromatic carbocycles. The lowest BCUT2D eigenvalue weighted by Gasteiger charge is -2.10. The van der Waals surface area contributed by atoms with Crippen molar-refractivity contribution < 1.29 is 0 Å². The summed E-state index contributed by atoms with van der Waals surface area (Å²) in [4.78, 5) is 4.65. The molecule has 3 heteroatoms. The van der Waals surface area contributed by atoms with Crippen molar-refractivity contribution in [3.8, 4) is 0 Å². The number of nitrogens with zero attached hydrogens (tertiary/aromatic N) is 1. The molecule has 0 saturated heterocycles. The minimum atomic E-state index is 0.687. The van der Waals surface area contributed by atoms with E-state index in [4.69, 9.17) is 11.6 Å². The second-order valence-electron chi connectivity index (χ2n) is 4.76. The first-order valence-corrected chi connectivity index (χ1v) is 6.95. The number of rotatable bonds is 3. The van der Waals surface area contributed by atoms with Crippen molar-refractivity contribution in [3.05, 3.63) is 70.9 Å². The van der Waals surface area contributed by atoms with Crippen molar-refractivity contribution >= 4 is 28.2 Å². The van der Waals surface area contributed by atoms with E-state index in [9.17, 15) is 0 Å². The van der Waals surface area contributed by atoms with Gasteiger partial charge < -0.3 is 5.32 Å². The summed E-state index contributed by atoms with van der Waals surface area (Å²) >= 11 is 6.12. The zero-order valence-corrected chi connectivity index (χ0v) is 12.0. The molecule has 0 fully saturated rings. The summed E-state index contributed by atoms with van der Waals surface area (Å²) in [5, 5.41) is 5.33. The monoisotopic (exact) mass is 282 g/mol. The summed E-state index contributed by atoms with van der Waals surface area (Å²) in [5.41, 5.74) is 4.15. The maximum Gasteiger partial charge on any atom is 0.0706 e. The Hall–Kier alpha value is -2.06. The summed E-state index contributed by atoms with van der Waals surface area (Å²) in [6.07, 6.45) is 0. The number of pyridine rings is 1. The van der Waals surface area contributed by atoms with Gasteiger partial charge in [0.2, 0.25) is 0 Å². The average molecular weight is 283 g/mol. The van der Waals surface area contributed by atoms with Gasteiger partial charge in [-0.3, -0.25) is 4.98 Å². The van der Waals surface area contributed by atoms with Gasteiger partial charge in [-0.05, 0) is 36.8 Å². The largest absolute Gasteiger partial charge is 0.379 e. The molecule has 2 nitrogen and oxygen atoms in total. The second kappa shape index (κ2) is 5.51. The summed E-state index contributed by atoms with van der Waals surface area (Å²) in [6, 6.07) is 18.2. The molecule has 0 atom stereocenters. The maximum absolute atomic E-state index is 6.12. The van der Waals surface area contributed by atoms with Crippen LogP contribution in [0.5, 0.6) is 0 Å². The normalized spacial score (nSPS) is 10.7. The van der Waals surface area contributed by atoms with Crippen LogP contribution in [0.3, 0.4) is 0 Å². The highest BCUT2D eigenvalue weighted by atomic mass is 35.5. The Morgan fingerprint density at radius 1 is 1.00 bits per heavy atom. The van der Waals surface area contributed by atoms with E-state index < -0.39 is 0 Å². The third kappa shape index (κ3) is 2.61. The lowest BCUT2D eigenvalue weighted by molar-refractivity contribution is 1.06. The van der Waals surface area contributed by atoms with Crippen LogP contribution in [0, 0.1) is 6.92 Å². The fraction of sp³-hybridized carbons (Fsp3) is 0.118. The molecular weight excluding hydrogens is 268 g/mol. The predicted octanol–water partition coefficient (Wildman–Crippen LogP) is 4.81. The van der Waals surface area contributed by atoms with Crippen LogP contribution in [0.15, 0.2) is 54.6 Å². The van der Waals surface area contributed by atoms with Gasteiger partial charge in [-0.15, -0.1) is 0 Å². The molecule has 20 heavy (non-hydrogen) atoms. The zero-order chi connectivity index (χ0) is 13.9. The van der Waals surface area contributed by atoms with Crippen molar-refractivity contribution in [2.45, 2.75) is 13.5 Å². The van der Waals surface area contributed by atoms with Gasteiger partial charge >= 0.3 is 0 Å². The molecule has 1 aromatic heterocycles. The first-order chi connectivity index (χ1) is 9.74. The molecule has 1 N–H and O–H groups in total. The second-order valence-corrected chi connectivity index (χ2v) is 5.17. The minimum Gasteiger partial charge on any atom is -0.379 e. The average Bonchev–Trinajstić information content (AvgIpc) is 2.48. The molecule has 0 aliphatic carbocycles. The van der Waals surface area contributed by atoms with Gasteiger partial charge in [0.25, 0.3) is 0 Å². The summed E-state index contributed by atoms with van der Waals surface area (Å²) in [6.45, 7) is 2.70. The lowest BCUT2D eigenvalue weighted by Crippen LogP contribution is -2.03. The Morgan fingerprint density at radius 2 is 1.85 bits per heavy atom. The number of halogens is 1. The van der Waals surface area contributed by atoms with Gasteiger partial charge in [0, 0.05) is 16.1 Å². The van der Waals surface area contributed by atoms with Gasteiger partial charge in [-0.2, -0.15) is 0 Å². The number of hydrogen-bond acceptors (Lipinski definition) is 2. The van der Waals surface area contributed by atoms with Gasteiger partial charge in [-0.1, -0.05) is 41.9 Å². The van der Waals surface area contributed by atoms with E-state index in [0.29, 0.717) is 6.54 Å². The van der Waals surface area contributed by atoms with Crippen LogP contribution >= 0.6 is 11.6 Å². The molecule has 3 aromatic rings. The molecule has 0 bridgehead atoms. The highest BCUT2D eigenvalue weighted by molar-refractivity contribution is 6.31. The van der Waals surface area contributed by atoms with Gasteiger partial charge in [-0.25, -0.2) is 0 Å². The summed E-state index contributed by atoms with van der Waals surface area (Å²) in [5.74, 6) is 0. The van der Waals surface area contributed by atoms with E-state index in [1.807, 2.05) is 43.3 Å². The minimum absolute atomic E-state index is 0.687. The van der Waals surface area contributed by atoms with Crippen molar-refractivity contribution in [2.75, 3.05) is 5.32 Å². The van der Waals surface area contributed by atoms with Crippen molar-refractivity contribution in [3.63, 3.8) is 0 Å². The molecule has 0 spiro atoms. The Labute approximate surface area is 123 Å². The summed E-state index contributed by atoms with van der Waals surface area (Å²) in [7, 11) is 0. The van der Waals surface area contributed by atoms with Gasteiger partial charge in [0.05, 0.1) is 17.8 Å². The lowest BCUT2D eigenvalue weighted by atomic mass is 10.2. The van der Waals surface area contributed by atoms with E-state index >= 15 is 0 Å². The molecule has 0 unspecified atom stereocenters. The third-order valence-corrected chi connectivity index (χ3v) is 3.79. The van der Waals surface area contributed by atoms with Crippen LogP contribution in [0.2, 0.25) is 5.02 Å². The standard InChI is InChI=1S/C17H15ClN2/c1-12-15(18)6-4-8-16(12)19-11-14-10-9-13-5-2-3-7-17(13)20-14/h2-10,19H,11H2,1H3. The highest BCUT2D eigenvalue weighted by Crippen LogP contribution is 2.23. The number of benzene rings is 2. The maximum atomic E-state index is 6.12. The number of fused-ring (bicyclic) bond motifs is 1. The fourth-order valence-corrected chi connectivity index (χ4v) is 2.37. The Balaban J connectivity index is 1.81. The number of aromatic nitrogens is 1. The molecule has 100 valence electrons. The number of hydrogen-bond donors (Lipinski definition) is 1. The van der Waals surface area contributed by atoms with Gasteiger partial charge in [0.1, 0.15) is 0 Å². The molecule has 1 heterocycles. The number of nitrogens with one attached hydrogen (secondary N) is 1. The van der Waals surface area contributed by atoms with Gasteiger partial charge in [0.15, 0.2) is 0 Å². The first-order valence-electron chi connectivity index (χ1n) is 6.58. The SMILES string of the molecule is Cc1c(Cl)cccc1NCc1ccc2ccccc2n1. The predicted molar refractivity (Wildman–Crippen MR) is 85.3 cm³/mol. The van der Waals surface area contributed by atoms with E-state index in [1.165, 1.54) is 0 Å². The van der Waals surface area contributed by atoms with E-state index in [1.54, 1.807) is 0 Å². The van der Waals surface area contributed by atoms with E-state index in [0.717, 1.165) is 32.9 Å². The molecule has 0 radical (unpaired) electrons. The topological polar surface area (TPSA) is 24.9 Å². The summed E-state index contributed by atoms with van der Waals surface area (Å²) < 4.78 is 0. The van der Waals surface area contributed by atoms with Crippen molar-refractivity contribution in [2.24, 2.45) is 0 Å². The third-order valence-electron chi connectivity index (χ3n) is 3.38.